The van der Waals surface area contributed by atoms with E-state index in [1.165, 1.54) is 10.1 Å². The Kier molecular flexibility index (Phi) is 1.49. The Hall–Kier alpha value is -1.61. The van der Waals surface area contributed by atoms with Gasteiger partial charge in [-0.15, -0.1) is 11.3 Å². The predicted molar refractivity (Wildman–Crippen MR) is 61.5 cm³/mol. The van der Waals surface area contributed by atoms with Crippen molar-refractivity contribution in [2.45, 2.75) is 0 Å². The number of rotatable bonds is 0. The zero-order chi connectivity index (χ0) is 9.54. The Bertz CT molecular complexity index is 613. The molecule has 0 atom stereocenters. The van der Waals surface area contributed by atoms with Gasteiger partial charge in [-0.25, -0.2) is 0 Å². The summed E-state index contributed by atoms with van der Waals surface area (Å²) in [4.78, 5) is 4.30. The zero-order valence-electron chi connectivity index (χ0n) is 7.40. The van der Waals surface area contributed by atoms with Crippen LogP contribution in [0.15, 0.2) is 35.8 Å². The molecule has 0 radical (unpaired) electrons. The van der Waals surface area contributed by atoms with E-state index in [0.29, 0.717) is 0 Å². The first-order chi connectivity index (χ1) is 6.86. The molecule has 0 spiro atoms. The number of benzene rings is 1. The van der Waals surface area contributed by atoms with E-state index in [1.54, 1.807) is 17.5 Å². The van der Waals surface area contributed by atoms with Gasteiger partial charge >= 0.3 is 0 Å². The van der Waals surface area contributed by atoms with Crippen molar-refractivity contribution in [3.05, 3.63) is 35.8 Å². The number of hydrogen-bond donors (Lipinski definition) is 1. The molecule has 0 aliphatic heterocycles. The highest BCUT2D eigenvalue weighted by Crippen LogP contribution is 2.31. The minimum Gasteiger partial charge on any atom is -0.398 e. The molecular formula is C11H8N2S. The van der Waals surface area contributed by atoms with Gasteiger partial charge in [-0.2, -0.15) is 0 Å². The van der Waals surface area contributed by atoms with E-state index < -0.39 is 0 Å². The first kappa shape index (κ1) is 7.76. The van der Waals surface area contributed by atoms with Gasteiger partial charge in [0.15, 0.2) is 0 Å². The number of nitrogens with two attached hydrogens (primary N) is 1. The predicted octanol–water partition coefficient (Wildman–Crippen LogP) is 3.03. The van der Waals surface area contributed by atoms with Crippen LogP contribution in [0.4, 0.5) is 5.69 Å². The summed E-state index contributed by atoms with van der Waals surface area (Å²) < 4.78 is 1.23. The van der Waals surface area contributed by atoms with E-state index in [-0.39, 0.29) is 0 Å². The van der Waals surface area contributed by atoms with Gasteiger partial charge in [-0.05, 0) is 29.0 Å². The number of hydrogen-bond acceptors (Lipinski definition) is 3. The van der Waals surface area contributed by atoms with Crippen LogP contribution >= 0.6 is 11.3 Å². The summed E-state index contributed by atoms with van der Waals surface area (Å²) in [5, 5.41) is 4.40. The van der Waals surface area contributed by atoms with Crippen LogP contribution in [0.25, 0.3) is 21.0 Å². The number of aromatic nitrogens is 1. The van der Waals surface area contributed by atoms with E-state index in [0.717, 1.165) is 16.6 Å². The van der Waals surface area contributed by atoms with Crippen LogP contribution in [0.2, 0.25) is 0 Å². The molecule has 0 saturated heterocycles. The summed E-state index contributed by atoms with van der Waals surface area (Å²) in [6, 6.07) is 8.05. The highest BCUT2D eigenvalue weighted by molar-refractivity contribution is 7.18. The fourth-order valence-corrected chi connectivity index (χ4v) is 2.65. The van der Waals surface area contributed by atoms with Gasteiger partial charge in [0, 0.05) is 22.0 Å². The number of nitrogens with zero attached hydrogens (tertiary/aromatic N) is 1. The van der Waals surface area contributed by atoms with Crippen molar-refractivity contribution in [3.8, 4) is 0 Å². The number of pyridine rings is 1. The molecule has 2 aromatic heterocycles. The lowest BCUT2D eigenvalue weighted by atomic mass is 10.1. The first-order valence-corrected chi connectivity index (χ1v) is 5.24. The average Bonchev–Trinajstić information content (AvgIpc) is 2.65. The van der Waals surface area contributed by atoms with Crippen LogP contribution in [-0.4, -0.2) is 4.98 Å². The van der Waals surface area contributed by atoms with Gasteiger partial charge in [0.1, 0.15) is 0 Å². The molecule has 3 heteroatoms. The molecule has 2 nitrogen and oxygen atoms in total. The SMILES string of the molecule is Nc1ccnc2ccc3ccsc3c12. The summed E-state index contributed by atoms with van der Waals surface area (Å²) in [5.41, 5.74) is 7.73. The molecule has 0 unspecified atom stereocenters. The van der Waals surface area contributed by atoms with Crippen LogP contribution < -0.4 is 5.73 Å². The first-order valence-electron chi connectivity index (χ1n) is 4.37. The van der Waals surface area contributed by atoms with Crippen molar-refractivity contribution in [2.75, 3.05) is 5.73 Å². The third-order valence-electron chi connectivity index (χ3n) is 2.36. The Morgan fingerprint density at radius 1 is 1.14 bits per heavy atom. The van der Waals surface area contributed by atoms with Crippen molar-refractivity contribution >= 4 is 38.0 Å². The van der Waals surface area contributed by atoms with Crippen molar-refractivity contribution in [1.82, 2.24) is 4.98 Å². The lowest BCUT2D eigenvalue weighted by molar-refractivity contribution is 1.42. The molecule has 0 fully saturated rings. The third-order valence-corrected chi connectivity index (χ3v) is 3.30. The van der Waals surface area contributed by atoms with E-state index in [9.17, 15) is 0 Å². The fourth-order valence-electron chi connectivity index (χ4n) is 1.69. The van der Waals surface area contributed by atoms with Crippen LogP contribution in [0.1, 0.15) is 0 Å². The topological polar surface area (TPSA) is 38.9 Å². The third kappa shape index (κ3) is 0.930. The maximum Gasteiger partial charge on any atom is 0.0737 e. The largest absolute Gasteiger partial charge is 0.398 e. The number of anilines is 1. The van der Waals surface area contributed by atoms with Gasteiger partial charge in [0.05, 0.1) is 5.52 Å². The van der Waals surface area contributed by atoms with Gasteiger partial charge < -0.3 is 5.73 Å². The summed E-state index contributed by atoms with van der Waals surface area (Å²) >= 11 is 1.71. The summed E-state index contributed by atoms with van der Waals surface area (Å²) in [7, 11) is 0. The molecule has 0 bridgehead atoms. The molecule has 3 aromatic rings. The molecule has 2 heterocycles. The Morgan fingerprint density at radius 2 is 2.07 bits per heavy atom. The van der Waals surface area contributed by atoms with Crippen molar-refractivity contribution in [2.24, 2.45) is 0 Å². The highest BCUT2D eigenvalue weighted by atomic mass is 32.1. The van der Waals surface area contributed by atoms with Crippen LogP contribution in [-0.2, 0) is 0 Å². The maximum absolute atomic E-state index is 5.95. The molecule has 0 saturated carbocycles. The summed E-state index contributed by atoms with van der Waals surface area (Å²) in [6.07, 6.45) is 1.75. The van der Waals surface area contributed by atoms with Crippen molar-refractivity contribution in [3.63, 3.8) is 0 Å². The maximum atomic E-state index is 5.95. The molecule has 68 valence electrons. The second-order valence-corrected chi connectivity index (χ2v) is 4.11. The normalized spacial score (nSPS) is 11.1. The van der Waals surface area contributed by atoms with E-state index in [2.05, 4.69) is 22.5 Å². The second-order valence-electron chi connectivity index (χ2n) is 3.20. The lowest BCUT2D eigenvalue weighted by Gasteiger charge is -2.01. The molecule has 3 rings (SSSR count). The monoisotopic (exact) mass is 200 g/mol. The standard InChI is InChI=1S/C11H8N2S/c12-8-3-5-13-9-2-1-7-4-6-14-11(7)10(8)9/h1-6H,(H2,12,13). The van der Waals surface area contributed by atoms with E-state index in [1.807, 2.05) is 12.1 Å². The molecule has 14 heavy (non-hydrogen) atoms. The summed E-state index contributed by atoms with van der Waals surface area (Å²) in [5.74, 6) is 0. The Labute approximate surface area is 85.0 Å². The Balaban J connectivity index is 2.67. The van der Waals surface area contributed by atoms with Crippen molar-refractivity contribution < 1.29 is 0 Å². The summed E-state index contributed by atoms with van der Waals surface area (Å²) in [6.45, 7) is 0. The second kappa shape index (κ2) is 2.69. The van der Waals surface area contributed by atoms with Gasteiger partial charge in [-0.3, -0.25) is 4.98 Å². The molecule has 2 N–H and O–H groups in total. The number of nitrogen functional groups attached to an aromatic ring is 1. The average molecular weight is 200 g/mol. The van der Waals surface area contributed by atoms with Crippen molar-refractivity contribution in [1.29, 1.82) is 0 Å². The smallest absolute Gasteiger partial charge is 0.0737 e. The number of fused-ring (bicyclic) bond motifs is 3. The van der Waals surface area contributed by atoms with Crippen LogP contribution in [0.3, 0.4) is 0 Å². The van der Waals surface area contributed by atoms with Gasteiger partial charge in [0.25, 0.3) is 0 Å². The molecule has 0 amide bonds. The molecule has 1 aromatic carbocycles. The zero-order valence-corrected chi connectivity index (χ0v) is 8.21. The van der Waals surface area contributed by atoms with Gasteiger partial charge in [0.2, 0.25) is 0 Å². The fraction of sp³-hybridized carbons (Fsp3) is 0. The van der Waals surface area contributed by atoms with Crippen LogP contribution in [0, 0.1) is 0 Å². The lowest BCUT2D eigenvalue weighted by Crippen LogP contribution is -1.88. The Morgan fingerprint density at radius 3 is 3.00 bits per heavy atom. The van der Waals surface area contributed by atoms with Gasteiger partial charge in [-0.1, -0.05) is 6.07 Å². The van der Waals surface area contributed by atoms with E-state index in [4.69, 9.17) is 5.73 Å². The highest BCUT2D eigenvalue weighted by Gasteiger charge is 2.04. The van der Waals surface area contributed by atoms with E-state index >= 15 is 0 Å². The number of thiophene rings is 1. The minimum atomic E-state index is 0.808. The minimum absolute atomic E-state index is 0.808. The quantitative estimate of drug-likeness (QED) is 0.605. The molecular weight excluding hydrogens is 192 g/mol. The van der Waals surface area contributed by atoms with Crippen LogP contribution in [0.5, 0.6) is 0 Å². The molecule has 0 aliphatic rings. The molecule has 0 aliphatic carbocycles.